The number of fused-ring (bicyclic) bond motifs is 15. The molecule has 0 saturated heterocycles. The van der Waals surface area contributed by atoms with Gasteiger partial charge >= 0.3 is 0 Å². The van der Waals surface area contributed by atoms with Crippen LogP contribution in [-0.2, 0) is 5.41 Å². The van der Waals surface area contributed by atoms with Crippen molar-refractivity contribution in [1.29, 1.82) is 0 Å². The Morgan fingerprint density at radius 3 is 1.32 bits per heavy atom. The Balaban J connectivity index is 1.17. The number of hydrogen-bond acceptors (Lipinski definition) is 2. The number of rotatable bonds is 3. The van der Waals surface area contributed by atoms with Gasteiger partial charge in [-0.2, -0.15) is 0 Å². The van der Waals surface area contributed by atoms with Crippen molar-refractivity contribution >= 4 is 87.0 Å². The van der Waals surface area contributed by atoms with Gasteiger partial charge in [-0.3, -0.25) is 0 Å². The topological polar surface area (TPSA) is 26.3 Å². The molecule has 63 heavy (non-hydrogen) atoms. The van der Waals surface area contributed by atoms with E-state index in [-0.39, 0.29) is 5.41 Å². The highest BCUT2D eigenvalue weighted by molar-refractivity contribution is 6.28. The quantitative estimate of drug-likeness (QED) is 0.166. The van der Waals surface area contributed by atoms with E-state index in [4.69, 9.17) is 8.83 Å². The summed E-state index contributed by atoms with van der Waals surface area (Å²) in [5.74, 6) is 0. The Morgan fingerprint density at radius 1 is 0.302 bits per heavy atom. The minimum atomic E-state index is -0.144. The Hall–Kier alpha value is -7.94. The first kappa shape index (κ1) is 34.7. The first-order valence-corrected chi connectivity index (χ1v) is 21.9. The van der Waals surface area contributed by atoms with Crippen LogP contribution >= 0.6 is 0 Å². The summed E-state index contributed by atoms with van der Waals surface area (Å²) in [4.78, 5) is 0. The molecule has 0 saturated carbocycles. The van der Waals surface area contributed by atoms with E-state index in [1.165, 1.54) is 76.5 Å². The number of para-hydroxylation sites is 2. The molecule has 0 amide bonds. The van der Waals surface area contributed by atoms with Crippen LogP contribution in [0.2, 0.25) is 0 Å². The van der Waals surface area contributed by atoms with Gasteiger partial charge in [-0.25, -0.2) is 0 Å². The van der Waals surface area contributed by atoms with E-state index in [0.29, 0.717) is 0 Å². The fourth-order valence-corrected chi connectivity index (χ4v) is 11.4. The van der Waals surface area contributed by atoms with Gasteiger partial charge in [0.1, 0.15) is 22.3 Å². The molecule has 0 atom stereocenters. The summed E-state index contributed by atoms with van der Waals surface area (Å²) in [6, 6.07) is 71.2. The average molecular weight is 803 g/mol. The van der Waals surface area contributed by atoms with E-state index in [1.807, 2.05) is 0 Å². The van der Waals surface area contributed by atoms with Crippen molar-refractivity contribution in [2.24, 2.45) is 0 Å². The third-order valence-corrected chi connectivity index (χ3v) is 14.2. The SMILES string of the molecule is CC1(C)c2ccccc2-c2c(-c3c4cccc(-c5cc6ccccc6c6c5oc5ccccc56)c4cc4c(-c5cc6ccccc6c6c5oc5ccccc56)cccc34)cccc21. The minimum absolute atomic E-state index is 0.144. The van der Waals surface area contributed by atoms with E-state index in [9.17, 15) is 0 Å². The molecule has 2 heteroatoms. The molecule has 2 aromatic heterocycles. The summed E-state index contributed by atoms with van der Waals surface area (Å²) < 4.78 is 13.8. The van der Waals surface area contributed by atoms with Crippen LogP contribution in [0.3, 0.4) is 0 Å². The fourth-order valence-electron chi connectivity index (χ4n) is 11.4. The monoisotopic (exact) mass is 802 g/mol. The van der Waals surface area contributed by atoms with Gasteiger partial charge in [0.05, 0.1) is 0 Å². The molecule has 0 fully saturated rings. The van der Waals surface area contributed by atoms with Crippen molar-refractivity contribution in [3.63, 3.8) is 0 Å². The van der Waals surface area contributed by atoms with Gasteiger partial charge in [0.2, 0.25) is 0 Å². The maximum Gasteiger partial charge on any atom is 0.143 e. The normalized spacial score (nSPS) is 13.4. The van der Waals surface area contributed by atoms with Crippen molar-refractivity contribution in [3.8, 4) is 44.5 Å². The summed E-state index contributed by atoms with van der Waals surface area (Å²) in [5, 5.41) is 14.1. The lowest BCUT2D eigenvalue weighted by atomic mass is 9.80. The second kappa shape index (κ2) is 12.6. The number of benzene rings is 11. The van der Waals surface area contributed by atoms with E-state index >= 15 is 0 Å². The highest BCUT2D eigenvalue weighted by Gasteiger charge is 2.37. The Labute approximate surface area is 363 Å². The van der Waals surface area contributed by atoms with Gasteiger partial charge in [-0.1, -0.05) is 178 Å². The van der Waals surface area contributed by atoms with Crippen LogP contribution in [-0.4, -0.2) is 0 Å². The minimum Gasteiger partial charge on any atom is -0.455 e. The van der Waals surface area contributed by atoms with Gasteiger partial charge in [0, 0.05) is 38.1 Å². The third kappa shape index (κ3) is 4.67. The largest absolute Gasteiger partial charge is 0.455 e. The molecule has 2 nitrogen and oxygen atoms in total. The molecule has 1 aliphatic carbocycles. The van der Waals surface area contributed by atoms with Crippen molar-refractivity contribution in [2.75, 3.05) is 0 Å². The van der Waals surface area contributed by atoms with Gasteiger partial charge in [0.15, 0.2) is 0 Å². The molecular weight excluding hydrogens is 765 g/mol. The molecule has 0 radical (unpaired) electrons. The van der Waals surface area contributed by atoms with Crippen LogP contribution in [0, 0.1) is 0 Å². The van der Waals surface area contributed by atoms with Crippen LogP contribution in [0.4, 0.5) is 0 Å². The second-order valence-corrected chi connectivity index (χ2v) is 17.8. The van der Waals surface area contributed by atoms with E-state index in [1.54, 1.807) is 0 Å². The summed E-state index contributed by atoms with van der Waals surface area (Å²) in [6.07, 6.45) is 0. The molecular formula is C61H38O2. The van der Waals surface area contributed by atoms with Crippen molar-refractivity contribution in [3.05, 3.63) is 205 Å². The zero-order chi connectivity index (χ0) is 41.6. The fraction of sp³-hybridized carbons (Fsp3) is 0.0492. The zero-order valence-corrected chi connectivity index (χ0v) is 34.8. The maximum absolute atomic E-state index is 6.92. The lowest BCUT2D eigenvalue weighted by Crippen LogP contribution is -2.14. The van der Waals surface area contributed by atoms with Gasteiger partial charge in [0.25, 0.3) is 0 Å². The first-order valence-electron chi connectivity index (χ1n) is 21.9. The highest BCUT2D eigenvalue weighted by atomic mass is 16.3. The highest BCUT2D eigenvalue weighted by Crippen LogP contribution is 2.55. The maximum atomic E-state index is 6.92. The summed E-state index contributed by atoms with van der Waals surface area (Å²) in [5.41, 5.74) is 15.7. The Bertz CT molecular complexity index is 3910. The van der Waals surface area contributed by atoms with Gasteiger partial charge in [-0.15, -0.1) is 0 Å². The molecule has 0 aliphatic heterocycles. The standard InChI is InChI=1S/C61H38O2/c1-61(2)51-28-10-7-20-43(51)56-46(27-15-29-52(56)61)55-41-25-13-23-39(49-32-35-16-3-5-18-37(35)57-44-21-8-11-30-53(44)62-59(49)57)47(41)34-48-40(24-14-26-42(48)55)50-33-36-17-4-6-19-38(36)58-45-22-9-12-31-54(45)63-60(50)58/h3-34H,1-2H3. The first-order chi connectivity index (χ1) is 31.0. The predicted molar refractivity (Wildman–Crippen MR) is 265 cm³/mol. The van der Waals surface area contributed by atoms with E-state index in [2.05, 4.69) is 208 Å². The molecule has 14 rings (SSSR count). The number of furan rings is 2. The van der Waals surface area contributed by atoms with Crippen molar-refractivity contribution in [2.45, 2.75) is 19.3 Å². The van der Waals surface area contributed by atoms with Crippen molar-refractivity contribution in [1.82, 2.24) is 0 Å². The predicted octanol–water partition coefficient (Wildman–Crippen LogP) is 17.4. The molecule has 0 unspecified atom stereocenters. The summed E-state index contributed by atoms with van der Waals surface area (Å²) in [6.45, 7) is 4.74. The van der Waals surface area contributed by atoms with Crippen LogP contribution in [0.15, 0.2) is 203 Å². The zero-order valence-electron chi connectivity index (χ0n) is 34.8. The Kier molecular flexibility index (Phi) is 6.93. The van der Waals surface area contributed by atoms with Crippen LogP contribution in [0.5, 0.6) is 0 Å². The molecule has 0 N–H and O–H groups in total. The molecule has 13 aromatic rings. The molecule has 11 aromatic carbocycles. The third-order valence-electron chi connectivity index (χ3n) is 14.2. The van der Waals surface area contributed by atoms with Crippen molar-refractivity contribution < 1.29 is 8.83 Å². The van der Waals surface area contributed by atoms with E-state index in [0.717, 1.165) is 66.1 Å². The smallest absolute Gasteiger partial charge is 0.143 e. The summed E-state index contributed by atoms with van der Waals surface area (Å²) >= 11 is 0. The molecule has 1 aliphatic rings. The molecule has 0 bridgehead atoms. The molecule has 2 heterocycles. The van der Waals surface area contributed by atoms with Crippen LogP contribution < -0.4 is 0 Å². The Morgan fingerprint density at radius 2 is 0.730 bits per heavy atom. The lowest BCUT2D eigenvalue weighted by molar-refractivity contribution is 0.660. The lowest BCUT2D eigenvalue weighted by Gasteiger charge is -2.22. The number of hydrogen-bond donors (Lipinski definition) is 0. The van der Waals surface area contributed by atoms with Gasteiger partial charge in [-0.05, 0) is 118 Å². The molecule has 294 valence electrons. The van der Waals surface area contributed by atoms with Gasteiger partial charge < -0.3 is 8.83 Å². The second-order valence-electron chi connectivity index (χ2n) is 17.8. The average Bonchev–Trinajstić information content (AvgIpc) is 3.99. The van der Waals surface area contributed by atoms with Crippen LogP contribution in [0.25, 0.3) is 131 Å². The van der Waals surface area contributed by atoms with E-state index < -0.39 is 0 Å². The summed E-state index contributed by atoms with van der Waals surface area (Å²) in [7, 11) is 0. The molecule has 0 spiro atoms. The van der Waals surface area contributed by atoms with Crippen LogP contribution in [0.1, 0.15) is 25.0 Å².